The van der Waals surface area contributed by atoms with Gasteiger partial charge in [-0.25, -0.2) is 0 Å². The largest absolute Gasteiger partial charge is 0.479 e. The number of aromatic nitrogens is 1. The smallest absolute Gasteiger partial charge is 0.250 e. The van der Waals surface area contributed by atoms with Crippen LogP contribution in [0.4, 0.5) is 0 Å². The van der Waals surface area contributed by atoms with E-state index in [0.717, 1.165) is 15.7 Å². The number of hydrogen-bond donors (Lipinski definition) is 0. The lowest BCUT2D eigenvalue weighted by Gasteiger charge is -2.11. The topological polar surface area (TPSA) is 55.0 Å². The number of nitriles is 1. The van der Waals surface area contributed by atoms with Gasteiger partial charge in [-0.05, 0) is 40.2 Å². The van der Waals surface area contributed by atoms with Crippen molar-refractivity contribution in [1.29, 1.82) is 5.26 Å². The van der Waals surface area contributed by atoms with Crippen LogP contribution in [0.2, 0.25) is 0 Å². The number of ether oxygens (including phenoxy) is 1. The maximum atomic E-state index is 11.6. The molecule has 4 nitrogen and oxygen atoms in total. The minimum absolute atomic E-state index is 0.00953. The number of benzene rings is 1. The highest BCUT2D eigenvalue weighted by Crippen LogP contribution is 2.30. The summed E-state index contributed by atoms with van der Waals surface area (Å²) in [4.78, 5) is 11.6. The predicted octanol–water partition coefficient (Wildman–Crippen LogP) is 2.72. The second kappa shape index (κ2) is 5.72. The Labute approximate surface area is 119 Å². The molecule has 0 aliphatic rings. The number of pyridine rings is 1. The van der Waals surface area contributed by atoms with Gasteiger partial charge in [0, 0.05) is 23.2 Å². The Morgan fingerprint density at radius 2 is 2.16 bits per heavy atom. The van der Waals surface area contributed by atoms with Gasteiger partial charge in [0.15, 0.2) is 6.61 Å². The molecule has 19 heavy (non-hydrogen) atoms. The molecule has 0 unspecified atom stereocenters. The van der Waals surface area contributed by atoms with Crippen LogP contribution >= 0.6 is 15.9 Å². The highest BCUT2D eigenvalue weighted by Gasteiger charge is 2.08. The van der Waals surface area contributed by atoms with E-state index in [2.05, 4.69) is 15.9 Å². The van der Waals surface area contributed by atoms with Crippen LogP contribution < -0.4 is 10.3 Å². The molecular formula is C14H11BrN2O2. The molecule has 0 fully saturated rings. The average Bonchev–Trinajstić information content (AvgIpc) is 2.40. The lowest BCUT2D eigenvalue weighted by Crippen LogP contribution is -2.16. The van der Waals surface area contributed by atoms with E-state index in [-0.39, 0.29) is 12.2 Å². The summed E-state index contributed by atoms with van der Waals surface area (Å²) in [6, 6.07) is 12.4. The molecule has 2 aromatic rings. The summed E-state index contributed by atoms with van der Waals surface area (Å²) in [6.07, 6.45) is 0. The van der Waals surface area contributed by atoms with Crippen LogP contribution in [0.15, 0.2) is 45.7 Å². The fourth-order valence-corrected chi connectivity index (χ4v) is 2.30. The minimum Gasteiger partial charge on any atom is -0.479 e. The van der Waals surface area contributed by atoms with Crippen molar-refractivity contribution in [3.05, 3.63) is 51.2 Å². The van der Waals surface area contributed by atoms with Gasteiger partial charge in [0.25, 0.3) is 5.56 Å². The fraction of sp³-hybridized carbons (Fsp3) is 0.143. The van der Waals surface area contributed by atoms with E-state index >= 15 is 0 Å². The standard InChI is InChI=1S/C14H11BrN2O2/c1-17-13(3-2-4-14(17)18)11-6-5-10(9-12(11)15)19-8-7-16/h2-6,9H,8H2,1H3. The third kappa shape index (κ3) is 2.85. The van der Waals surface area contributed by atoms with Crippen LogP contribution in [0.25, 0.3) is 11.3 Å². The number of nitrogens with zero attached hydrogens (tertiary/aromatic N) is 2. The molecule has 1 aromatic heterocycles. The van der Waals surface area contributed by atoms with Crippen LogP contribution in [0, 0.1) is 11.3 Å². The highest BCUT2D eigenvalue weighted by molar-refractivity contribution is 9.10. The predicted molar refractivity (Wildman–Crippen MR) is 75.9 cm³/mol. The third-order valence-electron chi connectivity index (χ3n) is 2.70. The molecule has 2 rings (SSSR count). The van der Waals surface area contributed by atoms with Crippen LogP contribution in [0.3, 0.4) is 0 Å². The van der Waals surface area contributed by atoms with Crippen LogP contribution in [-0.4, -0.2) is 11.2 Å². The molecular weight excluding hydrogens is 308 g/mol. The van der Waals surface area contributed by atoms with Gasteiger partial charge in [-0.2, -0.15) is 5.26 Å². The summed E-state index contributed by atoms with van der Waals surface area (Å²) in [5.74, 6) is 0.609. The Morgan fingerprint density at radius 3 is 2.84 bits per heavy atom. The molecule has 0 aliphatic heterocycles. The van der Waals surface area contributed by atoms with Gasteiger partial charge < -0.3 is 9.30 Å². The summed E-state index contributed by atoms with van der Waals surface area (Å²) in [6.45, 7) is 0.00953. The van der Waals surface area contributed by atoms with Crippen molar-refractivity contribution < 1.29 is 4.74 Å². The average molecular weight is 319 g/mol. The van der Waals surface area contributed by atoms with Crippen LogP contribution in [0.1, 0.15) is 0 Å². The molecule has 0 spiro atoms. The molecule has 0 atom stereocenters. The molecule has 0 bridgehead atoms. The first-order valence-corrected chi connectivity index (χ1v) is 6.38. The Morgan fingerprint density at radius 1 is 1.37 bits per heavy atom. The normalized spacial score (nSPS) is 9.95. The Hall–Kier alpha value is -2.06. The van der Waals surface area contributed by atoms with E-state index in [4.69, 9.17) is 10.00 Å². The van der Waals surface area contributed by atoms with Crippen molar-refractivity contribution in [3.8, 4) is 23.1 Å². The van der Waals surface area contributed by atoms with Crippen molar-refractivity contribution in [2.75, 3.05) is 6.61 Å². The lowest BCUT2D eigenvalue weighted by atomic mass is 10.1. The van der Waals surface area contributed by atoms with Gasteiger partial charge >= 0.3 is 0 Å². The van der Waals surface area contributed by atoms with Gasteiger partial charge in [0.1, 0.15) is 11.8 Å². The van der Waals surface area contributed by atoms with E-state index in [1.807, 2.05) is 18.2 Å². The van der Waals surface area contributed by atoms with Crippen molar-refractivity contribution in [2.24, 2.45) is 7.05 Å². The maximum absolute atomic E-state index is 11.6. The molecule has 0 aliphatic carbocycles. The van der Waals surface area contributed by atoms with Crippen molar-refractivity contribution in [3.63, 3.8) is 0 Å². The number of rotatable bonds is 3. The van der Waals surface area contributed by atoms with E-state index in [1.165, 1.54) is 6.07 Å². The van der Waals surface area contributed by atoms with Crippen molar-refractivity contribution >= 4 is 15.9 Å². The number of halogens is 1. The van der Waals surface area contributed by atoms with Crippen LogP contribution in [0.5, 0.6) is 5.75 Å². The molecule has 0 saturated heterocycles. The van der Waals surface area contributed by atoms with E-state index in [1.54, 1.807) is 29.8 Å². The Bertz CT molecular complexity index is 701. The molecule has 1 aromatic carbocycles. The summed E-state index contributed by atoms with van der Waals surface area (Å²) < 4.78 is 7.61. The van der Waals surface area contributed by atoms with Gasteiger partial charge in [0.05, 0.1) is 5.69 Å². The monoisotopic (exact) mass is 318 g/mol. The second-order valence-electron chi connectivity index (χ2n) is 3.90. The third-order valence-corrected chi connectivity index (χ3v) is 3.36. The molecule has 0 radical (unpaired) electrons. The van der Waals surface area contributed by atoms with Crippen molar-refractivity contribution in [1.82, 2.24) is 4.57 Å². The Balaban J connectivity index is 2.44. The molecule has 0 saturated carbocycles. The van der Waals surface area contributed by atoms with E-state index in [0.29, 0.717) is 5.75 Å². The highest BCUT2D eigenvalue weighted by atomic mass is 79.9. The molecule has 96 valence electrons. The summed E-state index contributed by atoms with van der Waals surface area (Å²) in [5, 5.41) is 8.47. The summed E-state index contributed by atoms with van der Waals surface area (Å²) in [7, 11) is 1.73. The zero-order valence-electron chi connectivity index (χ0n) is 10.3. The first-order valence-electron chi connectivity index (χ1n) is 5.59. The zero-order valence-corrected chi connectivity index (χ0v) is 11.8. The SMILES string of the molecule is Cn1c(-c2ccc(OCC#N)cc2Br)cccc1=O. The van der Waals surface area contributed by atoms with Crippen molar-refractivity contribution in [2.45, 2.75) is 0 Å². The Kier molecular flexibility index (Phi) is 4.03. The van der Waals surface area contributed by atoms with Gasteiger partial charge in [-0.15, -0.1) is 0 Å². The lowest BCUT2D eigenvalue weighted by molar-refractivity contribution is 0.368. The van der Waals surface area contributed by atoms with Gasteiger partial charge in [0.2, 0.25) is 0 Å². The molecule has 0 N–H and O–H groups in total. The zero-order chi connectivity index (χ0) is 13.8. The van der Waals surface area contributed by atoms with E-state index < -0.39 is 0 Å². The number of hydrogen-bond acceptors (Lipinski definition) is 3. The summed E-state index contributed by atoms with van der Waals surface area (Å²) >= 11 is 3.46. The first-order chi connectivity index (χ1) is 9.13. The fourth-order valence-electron chi connectivity index (χ4n) is 1.74. The minimum atomic E-state index is -0.0609. The van der Waals surface area contributed by atoms with E-state index in [9.17, 15) is 4.79 Å². The maximum Gasteiger partial charge on any atom is 0.250 e. The van der Waals surface area contributed by atoms with Gasteiger partial charge in [-0.1, -0.05) is 6.07 Å². The second-order valence-corrected chi connectivity index (χ2v) is 4.75. The first kappa shape index (κ1) is 13.4. The molecule has 1 heterocycles. The molecule has 5 heteroatoms. The molecule has 0 amide bonds. The quantitative estimate of drug-likeness (QED) is 0.874. The van der Waals surface area contributed by atoms with Crippen LogP contribution in [-0.2, 0) is 7.05 Å². The summed E-state index contributed by atoms with van der Waals surface area (Å²) in [5.41, 5.74) is 1.64. The van der Waals surface area contributed by atoms with Gasteiger partial charge in [-0.3, -0.25) is 4.79 Å².